The normalized spacial score (nSPS) is 20.4. The number of aromatic nitrogens is 2. The molecule has 3 saturated carbocycles. The van der Waals surface area contributed by atoms with Crippen molar-refractivity contribution < 1.29 is 36.7 Å². The predicted octanol–water partition coefficient (Wildman–Crippen LogP) is 5.49. The van der Waals surface area contributed by atoms with E-state index in [1.165, 1.54) is 17.4 Å². The summed E-state index contributed by atoms with van der Waals surface area (Å²) in [5.74, 6) is -0.805. The molecule has 1 aliphatic heterocycles. The van der Waals surface area contributed by atoms with Gasteiger partial charge in [0.1, 0.15) is 30.2 Å². The molecule has 2 heterocycles. The topological polar surface area (TPSA) is 223 Å². The number of nitrogens with zero attached hydrogens (tertiary/aromatic N) is 2. The minimum Gasteiger partial charge on any atom is -0.446 e. The molecule has 0 bridgehead atoms. The van der Waals surface area contributed by atoms with Crippen LogP contribution in [0.3, 0.4) is 0 Å². The number of alkyl halides is 1. The van der Waals surface area contributed by atoms with Crippen LogP contribution in [0, 0.1) is 30.6 Å². The summed E-state index contributed by atoms with van der Waals surface area (Å²) in [7, 11) is -3.36. The zero-order valence-corrected chi connectivity index (χ0v) is 35.8. The van der Waals surface area contributed by atoms with E-state index in [-0.39, 0.29) is 47.3 Å². The number of nitrogens with one attached hydrogen (secondary N) is 4. The number of alkyl carbamates (subject to hydrolysis) is 1. The van der Waals surface area contributed by atoms with Crippen molar-refractivity contribution in [1.82, 2.24) is 24.9 Å². The van der Waals surface area contributed by atoms with E-state index in [2.05, 4.69) is 51.3 Å². The maximum absolute atomic E-state index is 12.9. The van der Waals surface area contributed by atoms with Crippen LogP contribution in [0.15, 0.2) is 78.8 Å². The Hall–Kier alpha value is -5.76. The van der Waals surface area contributed by atoms with Crippen LogP contribution in [0.25, 0.3) is 11.3 Å². The van der Waals surface area contributed by atoms with Gasteiger partial charge in [0, 0.05) is 24.9 Å². The number of hydrogen-bond acceptors (Lipinski definition) is 10. The van der Waals surface area contributed by atoms with Crippen molar-refractivity contribution in [3.05, 3.63) is 84.5 Å². The molecular weight excluding hydrogens is 806 g/mol. The fourth-order valence-electron chi connectivity index (χ4n) is 6.71. The highest BCUT2D eigenvalue weighted by atomic mass is 32.2. The van der Waals surface area contributed by atoms with E-state index in [1.807, 2.05) is 44.2 Å². The minimum absolute atomic E-state index is 0.0631. The van der Waals surface area contributed by atoms with Crippen molar-refractivity contribution in [1.29, 1.82) is 0 Å². The highest BCUT2D eigenvalue weighted by molar-refractivity contribution is 7.90. The Morgan fingerprint density at radius 3 is 2.30 bits per heavy atom. The molecule has 4 fully saturated rings. The second kappa shape index (κ2) is 24.5. The second-order valence-corrected chi connectivity index (χ2v) is 17.4. The molecule has 4 aliphatic rings. The quantitative estimate of drug-likeness (QED) is 0.112. The van der Waals surface area contributed by atoms with E-state index in [4.69, 9.17) is 10.5 Å². The summed E-state index contributed by atoms with van der Waals surface area (Å²) in [6.45, 7) is 11.2. The van der Waals surface area contributed by atoms with Gasteiger partial charge in [-0.1, -0.05) is 68.8 Å². The van der Waals surface area contributed by atoms with Crippen molar-refractivity contribution in [2.45, 2.75) is 114 Å². The summed E-state index contributed by atoms with van der Waals surface area (Å²) < 4.78 is 43.3. The number of allylic oxidation sites excluding steroid dienone is 3. The Labute approximate surface area is 358 Å². The molecule has 3 aliphatic carbocycles. The number of carbonyl (C=O) groups excluding carboxylic acids is 4. The number of benzene rings is 1. The highest BCUT2D eigenvalue weighted by Gasteiger charge is 2.44. The molecule has 0 spiro atoms. The molecule has 332 valence electrons. The van der Waals surface area contributed by atoms with Crippen LogP contribution in [0.1, 0.15) is 84.5 Å². The minimum atomic E-state index is -3.36. The van der Waals surface area contributed by atoms with Gasteiger partial charge in [0.05, 0.1) is 10.9 Å². The lowest BCUT2D eigenvalue weighted by atomic mass is 9.98. The number of ether oxygens (including phenoxy) is 1. The summed E-state index contributed by atoms with van der Waals surface area (Å²) >= 11 is 0. The summed E-state index contributed by atoms with van der Waals surface area (Å²) in [6, 6.07) is 9.90. The monoisotopic (exact) mass is 865 g/mol. The third kappa shape index (κ3) is 16.3. The lowest BCUT2D eigenvalue weighted by molar-refractivity contribution is -0.139. The number of hydrogen-bond donors (Lipinski definition) is 5. The molecule has 1 unspecified atom stereocenters. The molecule has 5 atom stereocenters. The van der Waals surface area contributed by atoms with Crippen LogP contribution in [-0.4, -0.2) is 83.3 Å². The van der Waals surface area contributed by atoms with Gasteiger partial charge in [-0.15, -0.1) is 26.0 Å². The number of nitrogens with two attached hydrogens (primary N) is 1. The average molecular weight is 866 g/mol. The lowest BCUT2D eigenvalue weighted by Crippen LogP contribution is -2.55. The third-order valence-electron chi connectivity index (χ3n) is 10.4. The summed E-state index contributed by atoms with van der Waals surface area (Å²) in [6.07, 6.45) is 21.2. The van der Waals surface area contributed by atoms with Crippen LogP contribution in [-0.2, 0) is 29.1 Å². The Morgan fingerprint density at radius 2 is 1.72 bits per heavy atom. The van der Waals surface area contributed by atoms with E-state index in [0.717, 1.165) is 44.1 Å². The smallest absolute Gasteiger partial charge is 0.408 e. The van der Waals surface area contributed by atoms with Crippen molar-refractivity contribution in [2.24, 2.45) is 23.5 Å². The Kier molecular flexibility index (Phi) is 19.9. The van der Waals surface area contributed by atoms with Crippen molar-refractivity contribution in [3.8, 4) is 24.1 Å². The summed E-state index contributed by atoms with van der Waals surface area (Å²) in [4.78, 5) is 67.4. The van der Waals surface area contributed by atoms with Gasteiger partial charge in [0.2, 0.25) is 27.7 Å². The second-order valence-electron chi connectivity index (χ2n) is 15.5. The van der Waals surface area contributed by atoms with Gasteiger partial charge in [-0.3, -0.25) is 19.1 Å². The van der Waals surface area contributed by atoms with Gasteiger partial charge in [0.25, 0.3) is 0 Å². The number of H-pyrrole nitrogens is 1. The first-order chi connectivity index (χ1) is 29.1. The van der Waals surface area contributed by atoms with Crippen molar-refractivity contribution in [2.75, 3.05) is 11.9 Å². The van der Waals surface area contributed by atoms with E-state index in [1.54, 1.807) is 24.4 Å². The Balaban J connectivity index is 0.000000246. The SMILES string of the molecule is C#C.C=CC(F)C/C=C/Nc1cc(-c2ccccc2)[nH]c(=O)n1.C=C[C@@H]1C[C@@H]1C(=O)NS(=O)(=O)C1CC1.CC(C)[C@H](NC(=O)OC1CCCCC1)C(=O)N1CCC[C@H]1C(N)=O. The number of amides is 4. The van der Waals surface area contributed by atoms with Crippen molar-refractivity contribution in [3.63, 3.8) is 0 Å². The molecule has 1 aromatic heterocycles. The van der Waals surface area contributed by atoms with Gasteiger partial charge in [-0.2, -0.15) is 4.98 Å². The number of rotatable bonds is 15. The number of carbonyl (C=O) groups is 4. The molecule has 6 rings (SSSR count). The molecule has 6 N–H and O–H groups in total. The summed E-state index contributed by atoms with van der Waals surface area (Å²) in [5, 5.41) is 5.23. The fraction of sp³-hybridized carbons (Fsp3) is 0.500. The number of halogens is 1. The van der Waals surface area contributed by atoms with E-state index in [0.29, 0.717) is 37.3 Å². The average Bonchev–Trinajstić information content (AvgIpc) is 4.19. The molecule has 2 aromatic rings. The molecule has 15 nitrogen and oxygen atoms in total. The van der Waals surface area contributed by atoms with Gasteiger partial charge in [0.15, 0.2) is 0 Å². The zero-order valence-electron chi connectivity index (χ0n) is 35.0. The summed E-state index contributed by atoms with van der Waals surface area (Å²) in [5.41, 5.74) is 6.50. The first-order valence-electron chi connectivity index (χ1n) is 20.6. The van der Waals surface area contributed by atoms with Gasteiger partial charge in [-0.05, 0) is 81.4 Å². The molecular formula is C44H60FN7O8S. The van der Waals surface area contributed by atoms with Gasteiger partial charge >= 0.3 is 11.8 Å². The molecule has 17 heteroatoms. The highest BCUT2D eigenvalue weighted by Crippen LogP contribution is 2.40. The van der Waals surface area contributed by atoms with Gasteiger partial charge in [-0.25, -0.2) is 22.4 Å². The van der Waals surface area contributed by atoms with E-state index in [9.17, 15) is 36.8 Å². The largest absolute Gasteiger partial charge is 0.446 e. The Bertz CT molecular complexity index is 2010. The number of aromatic amines is 1. The van der Waals surface area contributed by atoms with Crippen molar-refractivity contribution >= 4 is 39.7 Å². The molecule has 61 heavy (non-hydrogen) atoms. The number of likely N-dealkylation sites (tertiary alicyclic amines) is 1. The molecule has 1 aromatic carbocycles. The fourth-order valence-corrected chi connectivity index (χ4v) is 8.07. The zero-order chi connectivity index (χ0) is 45.1. The van der Waals surface area contributed by atoms with E-state index >= 15 is 0 Å². The number of sulfonamides is 1. The van der Waals surface area contributed by atoms with Gasteiger partial charge < -0.3 is 31.0 Å². The predicted molar refractivity (Wildman–Crippen MR) is 234 cm³/mol. The van der Waals surface area contributed by atoms with Crippen LogP contribution < -0.4 is 26.8 Å². The molecule has 0 radical (unpaired) electrons. The number of terminal acetylenes is 1. The van der Waals surface area contributed by atoms with Crippen LogP contribution in [0.4, 0.5) is 15.0 Å². The number of anilines is 1. The number of primary amides is 1. The maximum atomic E-state index is 12.9. The molecule has 1 saturated heterocycles. The van der Waals surface area contributed by atoms with E-state index < -0.39 is 46.0 Å². The van der Waals surface area contributed by atoms with Crippen LogP contribution in [0.5, 0.6) is 0 Å². The molecule has 4 amide bonds. The van der Waals surface area contributed by atoms with Crippen LogP contribution in [0.2, 0.25) is 0 Å². The Morgan fingerprint density at radius 1 is 1.05 bits per heavy atom. The maximum Gasteiger partial charge on any atom is 0.408 e. The third-order valence-corrected chi connectivity index (χ3v) is 12.2. The van der Waals surface area contributed by atoms with Crippen LogP contribution >= 0.6 is 0 Å². The standard InChI is InChI=1S/C17H29N3O4.C16H16FN3O.C9H13NO3S.C2H2/c1-11(2)14(16(22)20-10-6-9-13(20)15(18)21)19-17(23)24-12-7-4-3-5-8-12;1-2-13(17)9-6-10-18-15-11-14(19-16(21)20-15)12-7-4-3-5-8-12;1-2-6-5-8(6)9(11)10-14(12,13)7-3-4-7;1-2/h11-14H,3-10H2,1-2H3,(H2,18,21)(H,19,23);2-8,10-11,13H,1,9H2,(H2,18,19,20,21);2,6-8H,1,3-5H2,(H,10,11);1-2H/b;10-6+;;/t13-,14-;;6-,8+;/m0.1./s1. The first-order valence-corrected chi connectivity index (χ1v) is 22.1. The lowest BCUT2D eigenvalue weighted by Gasteiger charge is -2.30. The first kappa shape index (κ1) is 49.6.